The Morgan fingerprint density at radius 1 is 1.17 bits per heavy atom. The first-order valence-corrected chi connectivity index (χ1v) is 8.85. The number of fused-ring (bicyclic) bond motifs is 1. The zero-order chi connectivity index (χ0) is 15.6. The predicted molar refractivity (Wildman–Crippen MR) is 89.0 cm³/mol. The first-order valence-electron chi connectivity index (χ1n) is 8.85. The lowest BCUT2D eigenvalue weighted by Crippen LogP contribution is -2.31. The maximum atomic E-state index is 4.92. The van der Waals surface area contributed by atoms with Crippen LogP contribution in [-0.2, 0) is 19.5 Å². The zero-order valence-corrected chi connectivity index (χ0v) is 13.9. The predicted octanol–water partition coefficient (Wildman–Crippen LogP) is 3.11. The first-order chi connectivity index (χ1) is 11.3. The van der Waals surface area contributed by atoms with Gasteiger partial charge in [0.05, 0.1) is 0 Å². The van der Waals surface area contributed by atoms with Gasteiger partial charge in [-0.25, -0.2) is 15.0 Å². The Morgan fingerprint density at radius 2 is 2.04 bits per heavy atom. The molecule has 2 aromatic heterocycles. The highest BCUT2D eigenvalue weighted by Gasteiger charge is 2.22. The molecule has 0 spiro atoms. The summed E-state index contributed by atoms with van der Waals surface area (Å²) in [4.78, 5) is 19.7. The minimum Gasteiger partial charge on any atom is -0.345 e. The maximum absolute atomic E-state index is 4.92. The van der Waals surface area contributed by atoms with Crippen LogP contribution in [0.25, 0.3) is 0 Å². The van der Waals surface area contributed by atoms with Crippen molar-refractivity contribution in [3.8, 4) is 0 Å². The Morgan fingerprint density at radius 3 is 2.83 bits per heavy atom. The summed E-state index contributed by atoms with van der Waals surface area (Å²) in [7, 11) is 0. The van der Waals surface area contributed by atoms with Crippen LogP contribution in [0.5, 0.6) is 0 Å². The van der Waals surface area contributed by atoms with Crippen LogP contribution in [0.2, 0.25) is 0 Å². The molecule has 1 aliphatic carbocycles. The highest BCUT2D eigenvalue weighted by molar-refractivity contribution is 5.22. The van der Waals surface area contributed by atoms with Crippen molar-refractivity contribution in [1.82, 2.24) is 24.8 Å². The Balaban J connectivity index is 1.45. The van der Waals surface area contributed by atoms with Gasteiger partial charge in [0.2, 0.25) is 0 Å². The summed E-state index contributed by atoms with van der Waals surface area (Å²) in [5.74, 6) is 2.68. The molecule has 5 nitrogen and oxygen atoms in total. The van der Waals surface area contributed by atoms with Crippen molar-refractivity contribution in [2.24, 2.45) is 0 Å². The molecule has 0 unspecified atom stereocenters. The van der Waals surface area contributed by atoms with E-state index in [0.717, 1.165) is 37.7 Å². The number of nitrogens with zero attached hydrogens (tertiary/aromatic N) is 4. The molecular formula is C18H25N5. The molecule has 0 atom stereocenters. The molecule has 1 fully saturated rings. The second kappa shape index (κ2) is 6.40. The average molecular weight is 311 g/mol. The molecule has 23 heavy (non-hydrogen) atoms. The quantitative estimate of drug-likeness (QED) is 0.946. The zero-order valence-electron chi connectivity index (χ0n) is 13.9. The molecule has 122 valence electrons. The lowest BCUT2D eigenvalue weighted by molar-refractivity contribution is 0.239. The summed E-state index contributed by atoms with van der Waals surface area (Å²) in [6, 6.07) is 0. The van der Waals surface area contributed by atoms with Gasteiger partial charge in [-0.15, -0.1) is 0 Å². The summed E-state index contributed by atoms with van der Waals surface area (Å²) in [6.07, 6.45) is 11.6. The smallest absolute Gasteiger partial charge is 0.131 e. The van der Waals surface area contributed by atoms with Crippen LogP contribution < -0.4 is 0 Å². The largest absolute Gasteiger partial charge is 0.345 e. The number of nitrogens with one attached hydrogen (secondary N) is 1. The third-order valence-corrected chi connectivity index (χ3v) is 5.15. The summed E-state index contributed by atoms with van der Waals surface area (Å²) >= 11 is 0. The number of hydrogen-bond acceptors (Lipinski definition) is 4. The monoisotopic (exact) mass is 311 g/mol. The summed E-state index contributed by atoms with van der Waals surface area (Å²) in [5, 5.41) is 0. The van der Waals surface area contributed by atoms with E-state index in [0.29, 0.717) is 5.92 Å². The molecular weight excluding hydrogens is 286 g/mol. The first kappa shape index (κ1) is 14.8. The molecule has 2 aromatic rings. The number of aromatic amines is 1. The van der Waals surface area contributed by atoms with Gasteiger partial charge in [0.25, 0.3) is 0 Å². The number of imidazole rings is 1. The van der Waals surface area contributed by atoms with Gasteiger partial charge in [-0.05, 0) is 19.8 Å². The van der Waals surface area contributed by atoms with Gasteiger partial charge >= 0.3 is 0 Å². The van der Waals surface area contributed by atoms with Crippen LogP contribution in [0.3, 0.4) is 0 Å². The molecule has 2 aliphatic rings. The Bertz CT molecular complexity index is 672. The highest BCUT2D eigenvalue weighted by atomic mass is 15.1. The van der Waals surface area contributed by atoms with E-state index in [2.05, 4.69) is 21.1 Å². The van der Waals surface area contributed by atoms with Gasteiger partial charge < -0.3 is 4.98 Å². The van der Waals surface area contributed by atoms with Crippen molar-refractivity contribution in [1.29, 1.82) is 0 Å². The van der Waals surface area contributed by atoms with Crippen molar-refractivity contribution < 1.29 is 0 Å². The highest BCUT2D eigenvalue weighted by Crippen LogP contribution is 2.31. The van der Waals surface area contributed by atoms with Crippen molar-refractivity contribution >= 4 is 0 Å². The third kappa shape index (κ3) is 3.29. The fourth-order valence-electron chi connectivity index (χ4n) is 3.88. The average Bonchev–Trinajstić information content (AvgIpc) is 3.00. The number of hydrogen-bond donors (Lipinski definition) is 1. The molecule has 0 bridgehead atoms. The van der Waals surface area contributed by atoms with Gasteiger partial charge in [0.15, 0.2) is 0 Å². The fraction of sp³-hybridized carbons (Fsp3) is 0.611. The van der Waals surface area contributed by atoms with Gasteiger partial charge in [-0.1, -0.05) is 19.3 Å². The van der Waals surface area contributed by atoms with Gasteiger partial charge in [0, 0.05) is 61.3 Å². The van der Waals surface area contributed by atoms with Crippen LogP contribution in [0.15, 0.2) is 12.4 Å². The van der Waals surface area contributed by atoms with E-state index < -0.39 is 0 Å². The number of aryl methyl sites for hydroxylation is 1. The Labute approximate surface area is 137 Å². The number of aromatic nitrogens is 4. The summed E-state index contributed by atoms with van der Waals surface area (Å²) in [6.45, 7) is 4.92. The van der Waals surface area contributed by atoms with E-state index in [1.165, 1.54) is 49.1 Å². The van der Waals surface area contributed by atoms with Crippen LogP contribution in [0.1, 0.15) is 66.6 Å². The topological polar surface area (TPSA) is 57.7 Å². The molecule has 1 saturated carbocycles. The molecule has 5 heteroatoms. The molecule has 0 aromatic carbocycles. The van der Waals surface area contributed by atoms with Crippen LogP contribution in [0.4, 0.5) is 0 Å². The summed E-state index contributed by atoms with van der Waals surface area (Å²) < 4.78 is 0. The van der Waals surface area contributed by atoms with Gasteiger partial charge in [-0.2, -0.15) is 0 Å². The molecule has 0 radical (unpaired) electrons. The minimum absolute atomic E-state index is 0.597. The van der Waals surface area contributed by atoms with E-state index in [1.807, 2.05) is 13.1 Å². The molecule has 4 rings (SSSR count). The fourth-order valence-corrected chi connectivity index (χ4v) is 3.88. The van der Waals surface area contributed by atoms with E-state index in [-0.39, 0.29) is 0 Å². The van der Waals surface area contributed by atoms with E-state index in [9.17, 15) is 0 Å². The Kier molecular flexibility index (Phi) is 4.12. The SMILES string of the molecule is Cc1ncc(CN2CCc3nc(C4CCCCC4)ncc3C2)[nH]1. The summed E-state index contributed by atoms with van der Waals surface area (Å²) in [5.41, 5.74) is 3.76. The van der Waals surface area contributed by atoms with E-state index in [4.69, 9.17) is 9.97 Å². The lowest BCUT2D eigenvalue weighted by Gasteiger charge is -2.28. The second-order valence-electron chi connectivity index (χ2n) is 6.99. The standard InChI is InChI=1S/C18H25N5/c1-13-19-10-16(21-13)12-23-8-7-17-15(11-23)9-20-18(22-17)14-5-3-2-4-6-14/h9-10,14H,2-8,11-12H2,1H3,(H,19,21). The molecule has 0 amide bonds. The van der Waals surface area contributed by atoms with Crippen LogP contribution >= 0.6 is 0 Å². The molecule has 3 heterocycles. The molecule has 1 aliphatic heterocycles. The van der Waals surface area contributed by atoms with Crippen molar-refractivity contribution in [2.45, 2.75) is 64.5 Å². The second-order valence-corrected chi connectivity index (χ2v) is 6.99. The lowest BCUT2D eigenvalue weighted by atomic mass is 9.88. The Hall–Kier alpha value is -1.75. The van der Waals surface area contributed by atoms with Crippen LogP contribution in [-0.4, -0.2) is 31.4 Å². The minimum atomic E-state index is 0.597. The molecule has 0 saturated heterocycles. The van der Waals surface area contributed by atoms with Crippen molar-refractivity contribution in [3.05, 3.63) is 41.0 Å². The van der Waals surface area contributed by atoms with Gasteiger partial charge in [-0.3, -0.25) is 4.90 Å². The van der Waals surface area contributed by atoms with Crippen LogP contribution in [0, 0.1) is 6.92 Å². The van der Waals surface area contributed by atoms with E-state index >= 15 is 0 Å². The van der Waals surface area contributed by atoms with E-state index in [1.54, 1.807) is 0 Å². The third-order valence-electron chi connectivity index (χ3n) is 5.15. The van der Waals surface area contributed by atoms with Crippen molar-refractivity contribution in [3.63, 3.8) is 0 Å². The van der Waals surface area contributed by atoms with Gasteiger partial charge in [0.1, 0.15) is 11.6 Å². The normalized spacial score (nSPS) is 19.7. The number of H-pyrrole nitrogens is 1. The molecule has 1 N–H and O–H groups in total. The van der Waals surface area contributed by atoms with Crippen molar-refractivity contribution in [2.75, 3.05) is 6.54 Å². The maximum Gasteiger partial charge on any atom is 0.131 e. The number of rotatable bonds is 3.